The summed E-state index contributed by atoms with van der Waals surface area (Å²) < 4.78 is 0. The van der Waals surface area contributed by atoms with Crippen LogP contribution in [0.2, 0.25) is 0 Å². The molecular weight excluding hydrogens is 498 g/mol. The van der Waals surface area contributed by atoms with E-state index in [0.717, 1.165) is 5.56 Å². The van der Waals surface area contributed by atoms with Gasteiger partial charge in [-0.1, -0.05) is 44.2 Å². The number of carboxylic acids is 1. The summed E-state index contributed by atoms with van der Waals surface area (Å²) >= 11 is 1.47. The molecule has 0 aliphatic carbocycles. The zero-order valence-corrected chi connectivity index (χ0v) is 22.4. The standard InChI is InChI=1S/C25H39N5O6S/c1-15(2)13-20(25(35)36)30-24(34)19(14-16-7-5-4-6-8-16)29-23(33)18(11-12-37-3)28-22(32)17(26)9-10-21(27)31/h4-8,15,17-20H,9-14,26H2,1-3H3,(H2,27,31)(H,28,32)(H,29,33)(H,30,34)(H,35,36). The highest BCUT2D eigenvalue weighted by molar-refractivity contribution is 7.98. The summed E-state index contributed by atoms with van der Waals surface area (Å²) in [4.78, 5) is 61.6. The van der Waals surface area contributed by atoms with Crippen molar-refractivity contribution >= 4 is 41.4 Å². The van der Waals surface area contributed by atoms with Gasteiger partial charge in [0.25, 0.3) is 0 Å². The molecule has 37 heavy (non-hydrogen) atoms. The Morgan fingerprint density at radius 2 is 1.46 bits per heavy atom. The molecule has 1 rings (SSSR count). The Bertz CT molecular complexity index is 914. The Morgan fingerprint density at radius 1 is 0.892 bits per heavy atom. The molecule has 0 aliphatic rings. The molecule has 0 radical (unpaired) electrons. The van der Waals surface area contributed by atoms with Crippen molar-refractivity contribution in [3.05, 3.63) is 35.9 Å². The number of nitrogens with one attached hydrogen (secondary N) is 3. The molecule has 4 unspecified atom stereocenters. The van der Waals surface area contributed by atoms with Gasteiger partial charge in [-0.3, -0.25) is 19.2 Å². The second kappa shape index (κ2) is 16.6. The summed E-state index contributed by atoms with van der Waals surface area (Å²) in [6.45, 7) is 3.69. The average Bonchev–Trinajstić information content (AvgIpc) is 2.84. The first-order chi connectivity index (χ1) is 17.4. The third-order valence-corrected chi connectivity index (χ3v) is 6.16. The molecule has 0 fully saturated rings. The zero-order valence-electron chi connectivity index (χ0n) is 21.6. The van der Waals surface area contributed by atoms with E-state index in [1.165, 1.54) is 11.8 Å². The van der Waals surface area contributed by atoms with Crippen LogP contribution in [0.4, 0.5) is 0 Å². The van der Waals surface area contributed by atoms with E-state index in [1.54, 1.807) is 24.3 Å². The molecule has 1 aromatic rings. The van der Waals surface area contributed by atoms with E-state index in [9.17, 15) is 29.1 Å². The van der Waals surface area contributed by atoms with Crippen LogP contribution >= 0.6 is 11.8 Å². The first kappa shape index (κ1) is 31.9. The molecule has 1 aromatic carbocycles. The van der Waals surface area contributed by atoms with Crippen molar-refractivity contribution in [3.63, 3.8) is 0 Å². The smallest absolute Gasteiger partial charge is 0.326 e. The Morgan fingerprint density at radius 3 is 2.00 bits per heavy atom. The van der Waals surface area contributed by atoms with Crippen molar-refractivity contribution in [2.24, 2.45) is 17.4 Å². The van der Waals surface area contributed by atoms with Gasteiger partial charge < -0.3 is 32.5 Å². The Labute approximate surface area is 221 Å². The van der Waals surface area contributed by atoms with Gasteiger partial charge in [-0.25, -0.2) is 4.79 Å². The molecule has 0 saturated heterocycles. The van der Waals surface area contributed by atoms with Crippen LogP contribution in [-0.4, -0.2) is 70.9 Å². The summed E-state index contributed by atoms with van der Waals surface area (Å²) in [7, 11) is 0. The molecule has 206 valence electrons. The van der Waals surface area contributed by atoms with Crippen LogP contribution in [0.5, 0.6) is 0 Å². The van der Waals surface area contributed by atoms with Gasteiger partial charge in [-0.15, -0.1) is 0 Å². The number of rotatable bonds is 17. The van der Waals surface area contributed by atoms with Gasteiger partial charge in [0.05, 0.1) is 6.04 Å². The van der Waals surface area contributed by atoms with Gasteiger partial charge in [0.1, 0.15) is 18.1 Å². The topological polar surface area (TPSA) is 194 Å². The monoisotopic (exact) mass is 537 g/mol. The van der Waals surface area contributed by atoms with Gasteiger partial charge in [-0.05, 0) is 42.8 Å². The molecule has 0 saturated carbocycles. The minimum absolute atomic E-state index is 0.0217. The van der Waals surface area contributed by atoms with E-state index in [0.29, 0.717) is 5.75 Å². The zero-order chi connectivity index (χ0) is 28.0. The lowest BCUT2D eigenvalue weighted by Crippen LogP contribution is -2.57. The van der Waals surface area contributed by atoms with Gasteiger partial charge in [0, 0.05) is 12.8 Å². The predicted octanol–water partition coefficient (Wildman–Crippen LogP) is 0.160. The summed E-state index contributed by atoms with van der Waals surface area (Å²) in [5.41, 5.74) is 11.7. The van der Waals surface area contributed by atoms with Crippen molar-refractivity contribution in [1.29, 1.82) is 0 Å². The van der Waals surface area contributed by atoms with Crippen LogP contribution in [0, 0.1) is 5.92 Å². The summed E-state index contributed by atoms with van der Waals surface area (Å²) in [5, 5.41) is 17.4. The van der Waals surface area contributed by atoms with Crippen molar-refractivity contribution in [2.75, 3.05) is 12.0 Å². The van der Waals surface area contributed by atoms with E-state index < -0.39 is 53.8 Å². The SMILES string of the molecule is CSCCC(NC(=O)C(N)CCC(N)=O)C(=O)NC(Cc1ccccc1)C(=O)NC(CC(C)C)C(=O)O. The van der Waals surface area contributed by atoms with Crippen LogP contribution in [0.15, 0.2) is 30.3 Å². The van der Waals surface area contributed by atoms with E-state index in [1.807, 2.05) is 26.2 Å². The van der Waals surface area contributed by atoms with Crippen LogP contribution in [0.25, 0.3) is 0 Å². The molecule has 0 spiro atoms. The molecular formula is C25H39N5O6S. The molecule has 4 atom stereocenters. The molecule has 0 heterocycles. The number of hydrogen-bond donors (Lipinski definition) is 6. The maximum Gasteiger partial charge on any atom is 0.326 e. The highest BCUT2D eigenvalue weighted by Crippen LogP contribution is 2.09. The van der Waals surface area contributed by atoms with Crippen LogP contribution in [0.3, 0.4) is 0 Å². The fourth-order valence-electron chi connectivity index (χ4n) is 3.51. The molecule has 0 bridgehead atoms. The van der Waals surface area contributed by atoms with Crippen LogP contribution < -0.4 is 27.4 Å². The van der Waals surface area contributed by atoms with Gasteiger partial charge in [0.15, 0.2) is 0 Å². The molecule has 4 amide bonds. The van der Waals surface area contributed by atoms with E-state index >= 15 is 0 Å². The normalized spacial score (nSPS) is 14.2. The second-order valence-corrected chi connectivity index (χ2v) is 10.2. The number of carbonyl (C=O) groups is 5. The number of amides is 4. The third-order valence-electron chi connectivity index (χ3n) is 5.52. The predicted molar refractivity (Wildman–Crippen MR) is 142 cm³/mol. The maximum atomic E-state index is 13.2. The Balaban J connectivity index is 3.07. The van der Waals surface area contributed by atoms with Gasteiger partial charge >= 0.3 is 5.97 Å². The molecule has 11 nitrogen and oxygen atoms in total. The van der Waals surface area contributed by atoms with Crippen molar-refractivity contribution in [2.45, 2.75) is 70.1 Å². The summed E-state index contributed by atoms with van der Waals surface area (Å²) in [6, 6.07) is 4.76. The lowest BCUT2D eigenvalue weighted by molar-refractivity contribution is -0.142. The molecule has 12 heteroatoms. The van der Waals surface area contributed by atoms with Crippen LogP contribution in [0.1, 0.15) is 45.1 Å². The number of carboxylic acid groups (broad SMARTS) is 1. The van der Waals surface area contributed by atoms with Crippen molar-refractivity contribution < 1.29 is 29.1 Å². The molecule has 0 aliphatic heterocycles. The van der Waals surface area contributed by atoms with Gasteiger partial charge in [-0.2, -0.15) is 11.8 Å². The molecule has 0 aromatic heterocycles. The lowest BCUT2D eigenvalue weighted by Gasteiger charge is -2.25. The number of primary amides is 1. The fourth-order valence-corrected chi connectivity index (χ4v) is 3.98. The first-order valence-electron chi connectivity index (χ1n) is 12.1. The fraction of sp³-hybridized carbons (Fsp3) is 0.560. The minimum atomic E-state index is -1.16. The second-order valence-electron chi connectivity index (χ2n) is 9.23. The van der Waals surface area contributed by atoms with E-state index in [-0.39, 0.29) is 38.0 Å². The van der Waals surface area contributed by atoms with E-state index in [2.05, 4.69) is 16.0 Å². The third kappa shape index (κ3) is 12.6. The van der Waals surface area contributed by atoms with Crippen molar-refractivity contribution in [3.8, 4) is 0 Å². The number of benzene rings is 1. The quantitative estimate of drug-likeness (QED) is 0.162. The first-order valence-corrected chi connectivity index (χ1v) is 13.5. The minimum Gasteiger partial charge on any atom is -0.480 e. The lowest BCUT2D eigenvalue weighted by atomic mass is 10.0. The Hall–Kier alpha value is -3.12. The van der Waals surface area contributed by atoms with E-state index in [4.69, 9.17) is 11.5 Å². The summed E-state index contributed by atoms with van der Waals surface area (Å²) in [5.74, 6) is -3.05. The largest absolute Gasteiger partial charge is 0.480 e. The number of aliphatic carboxylic acids is 1. The number of thioether (sulfide) groups is 1. The highest BCUT2D eigenvalue weighted by atomic mass is 32.2. The molecule has 8 N–H and O–H groups in total. The summed E-state index contributed by atoms with van der Waals surface area (Å²) in [6.07, 6.45) is 2.42. The van der Waals surface area contributed by atoms with Crippen LogP contribution in [-0.2, 0) is 30.4 Å². The number of hydrogen-bond acceptors (Lipinski definition) is 7. The van der Waals surface area contributed by atoms with Gasteiger partial charge in [0.2, 0.25) is 23.6 Å². The average molecular weight is 538 g/mol. The Kier molecular flexibility index (Phi) is 14.3. The maximum absolute atomic E-state index is 13.2. The number of nitrogens with two attached hydrogens (primary N) is 2. The highest BCUT2D eigenvalue weighted by Gasteiger charge is 2.30. The van der Waals surface area contributed by atoms with Crippen molar-refractivity contribution in [1.82, 2.24) is 16.0 Å². The number of carbonyl (C=O) groups excluding carboxylic acids is 4.